The summed E-state index contributed by atoms with van der Waals surface area (Å²) in [5.74, 6) is -2.05. The molecule has 1 fully saturated rings. The van der Waals surface area contributed by atoms with E-state index < -0.39 is 22.8 Å². The summed E-state index contributed by atoms with van der Waals surface area (Å²) in [6.45, 7) is 2.92. The lowest BCUT2D eigenvalue weighted by Gasteiger charge is -2.08. The number of carbonyl (C=O) groups is 2. The van der Waals surface area contributed by atoms with Gasteiger partial charge >= 0.3 is 11.9 Å². The highest BCUT2D eigenvalue weighted by atomic mass is 16.4. The fourth-order valence-corrected chi connectivity index (χ4v) is 1.29. The van der Waals surface area contributed by atoms with Gasteiger partial charge in [0.2, 0.25) is 0 Å². The van der Waals surface area contributed by atoms with E-state index in [9.17, 15) is 9.59 Å². The van der Waals surface area contributed by atoms with Crippen molar-refractivity contribution >= 4 is 11.9 Å². The minimum Gasteiger partial charge on any atom is -0.481 e. The molecule has 1 aliphatic rings. The summed E-state index contributed by atoms with van der Waals surface area (Å²) in [5, 5.41) is 17.3. The smallest absolute Gasteiger partial charge is 0.310 e. The zero-order valence-electron chi connectivity index (χ0n) is 6.42. The molecule has 4 heteroatoms. The summed E-state index contributed by atoms with van der Waals surface area (Å²) < 4.78 is 0. The first kappa shape index (κ1) is 8.04. The topological polar surface area (TPSA) is 74.6 Å². The molecule has 0 aromatic heterocycles. The summed E-state index contributed by atoms with van der Waals surface area (Å²) >= 11 is 0. The van der Waals surface area contributed by atoms with E-state index in [2.05, 4.69) is 0 Å². The first-order valence-electron chi connectivity index (χ1n) is 3.31. The Morgan fingerprint density at radius 1 is 1.09 bits per heavy atom. The number of aliphatic carboxylic acids is 2. The van der Waals surface area contributed by atoms with Crippen LogP contribution in [-0.2, 0) is 9.59 Å². The SMILES string of the molecule is C[C@@]1(C(=O)O)C[C@@]1(C)C(=O)O. The lowest BCUT2D eigenvalue weighted by atomic mass is 9.97. The Bertz CT molecular complexity index is 211. The average Bonchev–Trinajstić information content (AvgIpc) is 2.39. The van der Waals surface area contributed by atoms with Gasteiger partial charge in [-0.05, 0) is 20.3 Å². The van der Waals surface area contributed by atoms with E-state index in [1.54, 1.807) is 0 Å². The lowest BCUT2D eigenvalue weighted by Crippen LogP contribution is -2.24. The van der Waals surface area contributed by atoms with Gasteiger partial charge in [0.25, 0.3) is 0 Å². The van der Waals surface area contributed by atoms with Crippen LogP contribution >= 0.6 is 0 Å². The van der Waals surface area contributed by atoms with Crippen LogP contribution in [0.5, 0.6) is 0 Å². The normalized spacial score (nSPS) is 41.6. The highest BCUT2D eigenvalue weighted by Crippen LogP contribution is 2.63. The molecule has 1 rings (SSSR count). The maximum absolute atomic E-state index is 10.5. The average molecular weight is 158 g/mol. The predicted molar refractivity (Wildman–Crippen MR) is 36.1 cm³/mol. The number of rotatable bonds is 2. The standard InChI is InChI=1S/C7H10O4/c1-6(4(8)9)3-7(6,2)5(10)11/h3H2,1-2H3,(H,8,9)(H,10,11)/t6-,7-/m0/s1. The largest absolute Gasteiger partial charge is 0.481 e. The van der Waals surface area contributed by atoms with E-state index in [4.69, 9.17) is 10.2 Å². The van der Waals surface area contributed by atoms with Gasteiger partial charge in [0, 0.05) is 0 Å². The highest BCUT2D eigenvalue weighted by molar-refractivity contribution is 5.92. The van der Waals surface area contributed by atoms with E-state index >= 15 is 0 Å². The molecular weight excluding hydrogens is 148 g/mol. The maximum atomic E-state index is 10.5. The van der Waals surface area contributed by atoms with Crippen LogP contribution < -0.4 is 0 Å². The molecule has 0 bridgehead atoms. The molecule has 1 saturated carbocycles. The van der Waals surface area contributed by atoms with Crippen LogP contribution in [0.2, 0.25) is 0 Å². The maximum Gasteiger partial charge on any atom is 0.310 e. The van der Waals surface area contributed by atoms with Crippen molar-refractivity contribution in [3.63, 3.8) is 0 Å². The van der Waals surface area contributed by atoms with E-state index in [0.29, 0.717) is 0 Å². The Hall–Kier alpha value is -1.06. The predicted octanol–water partition coefficient (Wildman–Crippen LogP) is 0.572. The minimum absolute atomic E-state index is 0.227. The van der Waals surface area contributed by atoms with E-state index in [1.165, 1.54) is 13.8 Å². The summed E-state index contributed by atoms with van der Waals surface area (Å²) in [4.78, 5) is 21.1. The molecule has 11 heavy (non-hydrogen) atoms. The molecule has 0 unspecified atom stereocenters. The third kappa shape index (κ3) is 0.751. The molecule has 0 aromatic carbocycles. The van der Waals surface area contributed by atoms with Crippen molar-refractivity contribution in [2.24, 2.45) is 10.8 Å². The Morgan fingerprint density at radius 2 is 1.36 bits per heavy atom. The molecule has 2 atom stereocenters. The minimum atomic E-state index is -1.06. The van der Waals surface area contributed by atoms with Crippen molar-refractivity contribution in [1.29, 1.82) is 0 Å². The third-order valence-electron chi connectivity index (χ3n) is 2.74. The molecule has 0 aromatic rings. The number of hydrogen-bond acceptors (Lipinski definition) is 2. The number of carboxylic acid groups (broad SMARTS) is 2. The third-order valence-corrected chi connectivity index (χ3v) is 2.74. The second-order valence-corrected chi connectivity index (χ2v) is 3.45. The highest BCUT2D eigenvalue weighted by Gasteiger charge is 2.71. The van der Waals surface area contributed by atoms with Crippen molar-refractivity contribution in [1.82, 2.24) is 0 Å². The summed E-state index contributed by atoms with van der Waals surface area (Å²) in [6, 6.07) is 0. The van der Waals surface area contributed by atoms with Gasteiger partial charge in [-0.2, -0.15) is 0 Å². The van der Waals surface area contributed by atoms with Gasteiger partial charge in [0.1, 0.15) is 0 Å². The molecule has 0 spiro atoms. The van der Waals surface area contributed by atoms with Crippen LogP contribution in [0.15, 0.2) is 0 Å². The quantitative estimate of drug-likeness (QED) is 0.616. The van der Waals surface area contributed by atoms with Gasteiger partial charge in [-0.25, -0.2) is 0 Å². The first-order valence-corrected chi connectivity index (χ1v) is 3.31. The van der Waals surface area contributed by atoms with Crippen LogP contribution in [0.3, 0.4) is 0 Å². The number of carboxylic acids is 2. The molecule has 2 N–H and O–H groups in total. The summed E-state index contributed by atoms with van der Waals surface area (Å²) in [6.07, 6.45) is 0.227. The first-order chi connectivity index (χ1) is 4.84. The van der Waals surface area contributed by atoms with Crippen molar-refractivity contribution in [2.75, 3.05) is 0 Å². The monoisotopic (exact) mass is 158 g/mol. The van der Waals surface area contributed by atoms with Gasteiger partial charge in [-0.1, -0.05) is 0 Å². The molecule has 0 aliphatic heterocycles. The van der Waals surface area contributed by atoms with Crippen LogP contribution in [0.4, 0.5) is 0 Å². The van der Waals surface area contributed by atoms with Crippen molar-refractivity contribution in [2.45, 2.75) is 20.3 Å². The van der Waals surface area contributed by atoms with Crippen LogP contribution in [0.1, 0.15) is 20.3 Å². The summed E-state index contributed by atoms with van der Waals surface area (Å²) in [5.41, 5.74) is -2.11. The van der Waals surface area contributed by atoms with Crippen molar-refractivity contribution in [3.8, 4) is 0 Å². The second-order valence-electron chi connectivity index (χ2n) is 3.45. The Labute approximate surface area is 63.8 Å². The van der Waals surface area contributed by atoms with Crippen LogP contribution in [-0.4, -0.2) is 22.2 Å². The lowest BCUT2D eigenvalue weighted by molar-refractivity contribution is -0.152. The Balaban J connectivity index is 2.87. The van der Waals surface area contributed by atoms with Crippen molar-refractivity contribution < 1.29 is 19.8 Å². The van der Waals surface area contributed by atoms with E-state index in [0.717, 1.165) is 0 Å². The number of hydrogen-bond donors (Lipinski definition) is 2. The Morgan fingerprint density at radius 3 is 1.45 bits per heavy atom. The van der Waals surface area contributed by atoms with Gasteiger partial charge in [-0.15, -0.1) is 0 Å². The molecule has 1 aliphatic carbocycles. The molecule has 62 valence electrons. The fraction of sp³-hybridized carbons (Fsp3) is 0.714. The second kappa shape index (κ2) is 1.75. The van der Waals surface area contributed by atoms with Gasteiger partial charge in [-0.3, -0.25) is 9.59 Å². The Kier molecular flexibility index (Phi) is 1.28. The zero-order chi connectivity index (χ0) is 8.86. The molecule has 0 saturated heterocycles. The molecule has 0 heterocycles. The molecule has 0 amide bonds. The van der Waals surface area contributed by atoms with Gasteiger partial charge < -0.3 is 10.2 Å². The zero-order valence-corrected chi connectivity index (χ0v) is 6.42. The van der Waals surface area contributed by atoms with Crippen LogP contribution in [0, 0.1) is 10.8 Å². The summed E-state index contributed by atoms with van der Waals surface area (Å²) in [7, 11) is 0. The molecule has 4 nitrogen and oxygen atoms in total. The molecular formula is C7H10O4. The van der Waals surface area contributed by atoms with E-state index in [1.807, 2.05) is 0 Å². The fourth-order valence-electron chi connectivity index (χ4n) is 1.29. The van der Waals surface area contributed by atoms with E-state index in [-0.39, 0.29) is 6.42 Å². The van der Waals surface area contributed by atoms with Crippen molar-refractivity contribution in [3.05, 3.63) is 0 Å². The molecule has 0 radical (unpaired) electrons. The van der Waals surface area contributed by atoms with Gasteiger partial charge in [0.15, 0.2) is 0 Å². The van der Waals surface area contributed by atoms with Gasteiger partial charge in [0.05, 0.1) is 10.8 Å². The van der Waals surface area contributed by atoms with Crippen LogP contribution in [0.25, 0.3) is 0 Å².